The second-order valence-electron chi connectivity index (χ2n) is 5.25. The monoisotopic (exact) mass is 283 g/mol. The van der Waals surface area contributed by atoms with Crippen LogP contribution in [0.4, 0.5) is 0 Å². The largest absolute Gasteiger partial charge is 0.481 e. The summed E-state index contributed by atoms with van der Waals surface area (Å²) in [6, 6.07) is 0. The van der Waals surface area contributed by atoms with Gasteiger partial charge in [-0.1, -0.05) is 6.08 Å². The van der Waals surface area contributed by atoms with Crippen LogP contribution in [0.15, 0.2) is 12.7 Å². The number of rotatable bonds is 9. The van der Waals surface area contributed by atoms with Crippen molar-refractivity contribution in [1.82, 2.24) is 4.90 Å². The number of aliphatic carboxylic acids is 1. The van der Waals surface area contributed by atoms with Gasteiger partial charge in [-0.2, -0.15) is 0 Å². The number of amides is 1. The van der Waals surface area contributed by atoms with E-state index in [1.807, 2.05) is 4.90 Å². The second kappa shape index (κ2) is 9.53. The molecule has 1 atom stereocenters. The number of likely N-dealkylation sites (tertiary alicyclic amines) is 1. The minimum atomic E-state index is -0.757. The molecule has 0 spiro atoms. The van der Waals surface area contributed by atoms with Crippen LogP contribution in [0.5, 0.6) is 0 Å². The van der Waals surface area contributed by atoms with Crippen LogP contribution in [0.25, 0.3) is 0 Å². The lowest BCUT2D eigenvalue weighted by atomic mass is 9.93. The van der Waals surface area contributed by atoms with Crippen molar-refractivity contribution in [3.8, 4) is 0 Å². The molecule has 1 saturated heterocycles. The van der Waals surface area contributed by atoms with Crippen LogP contribution in [0.1, 0.15) is 38.5 Å². The van der Waals surface area contributed by atoms with E-state index in [1.54, 1.807) is 6.08 Å². The predicted octanol–water partition coefficient (Wildman–Crippen LogP) is 2.07. The molecule has 0 radical (unpaired) electrons. The summed E-state index contributed by atoms with van der Waals surface area (Å²) in [6.45, 7) is 6.17. The van der Waals surface area contributed by atoms with E-state index in [0.29, 0.717) is 38.5 Å². The molecule has 0 aromatic heterocycles. The fourth-order valence-corrected chi connectivity index (χ4v) is 2.51. The molecular weight excluding hydrogens is 258 g/mol. The first-order valence-corrected chi connectivity index (χ1v) is 7.31. The first-order chi connectivity index (χ1) is 9.63. The Morgan fingerprint density at radius 1 is 1.40 bits per heavy atom. The van der Waals surface area contributed by atoms with Crippen LogP contribution in [0.2, 0.25) is 0 Å². The third-order valence-electron chi connectivity index (χ3n) is 3.55. The summed E-state index contributed by atoms with van der Waals surface area (Å²) in [5, 5.41) is 8.70. The quantitative estimate of drug-likeness (QED) is 0.519. The number of carboxylic acid groups (broad SMARTS) is 1. The molecule has 1 amide bonds. The van der Waals surface area contributed by atoms with Gasteiger partial charge in [0.15, 0.2) is 0 Å². The Bertz CT molecular complexity index is 330. The summed E-state index contributed by atoms with van der Waals surface area (Å²) in [7, 11) is 0. The summed E-state index contributed by atoms with van der Waals surface area (Å²) in [5.41, 5.74) is 0. The van der Waals surface area contributed by atoms with Crippen molar-refractivity contribution >= 4 is 11.9 Å². The van der Waals surface area contributed by atoms with E-state index in [4.69, 9.17) is 9.84 Å². The van der Waals surface area contributed by atoms with Crippen molar-refractivity contribution in [2.45, 2.75) is 38.5 Å². The van der Waals surface area contributed by atoms with Gasteiger partial charge in [0, 0.05) is 32.5 Å². The van der Waals surface area contributed by atoms with Gasteiger partial charge in [-0.3, -0.25) is 9.59 Å². The molecule has 5 nitrogen and oxygen atoms in total. The average molecular weight is 283 g/mol. The minimum absolute atomic E-state index is 0.159. The molecule has 0 aliphatic carbocycles. The van der Waals surface area contributed by atoms with Crippen molar-refractivity contribution in [3.63, 3.8) is 0 Å². The summed E-state index contributed by atoms with van der Waals surface area (Å²) in [6.07, 6.45) is 5.79. The molecule has 1 heterocycles. The van der Waals surface area contributed by atoms with E-state index < -0.39 is 5.97 Å². The zero-order chi connectivity index (χ0) is 14.8. The first-order valence-electron chi connectivity index (χ1n) is 7.31. The molecule has 0 saturated carbocycles. The summed E-state index contributed by atoms with van der Waals surface area (Å²) < 4.78 is 5.25. The number of ether oxygens (including phenoxy) is 1. The Morgan fingerprint density at radius 3 is 2.90 bits per heavy atom. The molecule has 1 unspecified atom stereocenters. The number of hydrogen-bond donors (Lipinski definition) is 1. The van der Waals surface area contributed by atoms with Crippen molar-refractivity contribution in [2.24, 2.45) is 5.92 Å². The zero-order valence-electron chi connectivity index (χ0n) is 12.1. The van der Waals surface area contributed by atoms with E-state index in [9.17, 15) is 9.59 Å². The van der Waals surface area contributed by atoms with Crippen molar-refractivity contribution in [1.29, 1.82) is 0 Å². The Labute approximate surface area is 120 Å². The molecule has 0 aromatic carbocycles. The van der Waals surface area contributed by atoms with Crippen LogP contribution in [0.3, 0.4) is 0 Å². The van der Waals surface area contributed by atoms with E-state index >= 15 is 0 Å². The van der Waals surface area contributed by atoms with Crippen LogP contribution in [-0.2, 0) is 14.3 Å². The molecule has 1 N–H and O–H groups in total. The van der Waals surface area contributed by atoms with Crippen molar-refractivity contribution in [2.75, 3.05) is 26.3 Å². The third kappa shape index (κ3) is 6.70. The molecule has 0 bridgehead atoms. The van der Waals surface area contributed by atoms with E-state index in [1.165, 1.54) is 0 Å². The van der Waals surface area contributed by atoms with Gasteiger partial charge in [0.25, 0.3) is 0 Å². The molecule has 1 aliphatic heterocycles. The normalized spacial score (nSPS) is 18.8. The fraction of sp³-hybridized carbons (Fsp3) is 0.733. The summed E-state index contributed by atoms with van der Waals surface area (Å²) in [5.74, 6) is -0.263. The highest BCUT2D eigenvalue weighted by Gasteiger charge is 2.23. The van der Waals surface area contributed by atoms with Gasteiger partial charge in [-0.05, 0) is 31.6 Å². The first kappa shape index (κ1) is 16.7. The Balaban J connectivity index is 2.22. The lowest BCUT2D eigenvalue weighted by Crippen LogP contribution is -2.40. The zero-order valence-corrected chi connectivity index (χ0v) is 12.1. The van der Waals surface area contributed by atoms with E-state index in [0.717, 1.165) is 25.8 Å². The Morgan fingerprint density at radius 2 is 2.20 bits per heavy atom. The van der Waals surface area contributed by atoms with E-state index in [2.05, 4.69) is 6.58 Å². The van der Waals surface area contributed by atoms with Gasteiger partial charge < -0.3 is 14.7 Å². The fourth-order valence-electron chi connectivity index (χ4n) is 2.51. The SMILES string of the molecule is C=CCOCCCC(=O)N1CCCC(CCC(=O)O)C1. The van der Waals surface area contributed by atoms with Crippen molar-refractivity contribution < 1.29 is 19.4 Å². The number of nitrogens with zero attached hydrogens (tertiary/aromatic N) is 1. The third-order valence-corrected chi connectivity index (χ3v) is 3.55. The maximum Gasteiger partial charge on any atom is 0.303 e. The Hall–Kier alpha value is -1.36. The average Bonchev–Trinajstić information content (AvgIpc) is 2.45. The van der Waals surface area contributed by atoms with Gasteiger partial charge in [0.05, 0.1) is 6.61 Å². The number of piperidine rings is 1. The number of carboxylic acids is 1. The van der Waals surface area contributed by atoms with Gasteiger partial charge >= 0.3 is 5.97 Å². The lowest BCUT2D eigenvalue weighted by molar-refractivity contribution is -0.137. The highest BCUT2D eigenvalue weighted by atomic mass is 16.5. The molecule has 5 heteroatoms. The van der Waals surface area contributed by atoms with Gasteiger partial charge in [-0.15, -0.1) is 6.58 Å². The molecule has 0 aromatic rings. The van der Waals surface area contributed by atoms with Crippen LogP contribution >= 0.6 is 0 Å². The molecule has 1 fully saturated rings. The predicted molar refractivity (Wildman–Crippen MR) is 76.4 cm³/mol. The highest BCUT2D eigenvalue weighted by molar-refractivity contribution is 5.76. The molecule has 1 rings (SSSR count). The van der Waals surface area contributed by atoms with Crippen molar-refractivity contribution in [3.05, 3.63) is 12.7 Å². The highest BCUT2D eigenvalue weighted by Crippen LogP contribution is 2.21. The Kier molecular flexibility index (Phi) is 7.95. The van der Waals surface area contributed by atoms with Crippen LogP contribution < -0.4 is 0 Å². The standard InChI is InChI=1S/C15H25NO4/c1-2-10-20-11-4-6-14(17)16-9-3-5-13(12-16)7-8-15(18)19/h2,13H,1,3-12H2,(H,18,19). The van der Waals surface area contributed by atoms with Gasteiger partial charge in [-0.25, -0.2) is 0 Å². The number of carbonyl (C=O) groups excluding carboxylic acids is 1. The number of carbonyl (C=O) groups is 2. The molecule has 20 heavy (non-hydrogen) atoms. The second-order valence-corrected chi connectivity index (χ2v) is 5.25. The summed E-state index contributed by atoms with van der Waals surface area (Å²) in [4.78, 5) is 24.5. The maximum absolute atomic E-state index is 12.0. The molecular formula is C15H25NO4. The van der Waals surface area contributed by atoms with Gasteiger partial charge in [0.1, 0.15) is 0 Å². The van der Waals surface area contributed by atoms with Crippen LogP contribution in [-0.4, -0.2) is 48.2 Å². The van der Waals surface area contributed by atoms with Gasteiger partial charge in [0.2, 0.25) is 5.91 Å². The topological polar surface area (TPSA) is 66.8 Å². The maximum atomic E-state index is 12.0. The summed E-state index contributed by atoms with van der Waals surface area (Å²) >= 11 is 0. The lowest BCUT2D eigenvalue weighted by Gasteiger charge is -2.32. The van der Waals surface area contributed by atoms with Crippen LogP contribution in [0, 0.1) is 5.92 Å². The molecule has 114 valence electrons. The number of hydrogen-bond acceptors (Lipinski definition) is 3. The smallest absolute Gasteiger partial charge is 0.303 e. The minimum Gasteiger partial charge on any atom is -0.481 e. The van der Waals surface area contributed by atoms with E-state index in [-0.39, 0.29) is 12.3 Å². The molecule has 1 aliphatic rings.